The van der Waals surface area contributed by atoms with Gasteiger partial charge in [0.15, 0.2) is 0 Å². The second kappa shape index (κ2) is 10.1. The van der Waals surface area contributed by atoms with E-state index in [9.17, 15) is 18.4 Å². The Balaban J connectivity index is 1.25. The molecule has 2 saturated heterocycles. The van der Waals surface area contributed by atoms with Gasteiger partial charge in [-0.2, -0.15) is 0 Å². The summed E-state index contributed by atoms with van der Waals surface area (Å²) in [6.07, 6.45) is 5.95. The lowest BCUT2D eigenvalue weighted by Crippen LogP contribution is -2.51. The monoisotopic (exact) mass is 454 g/mol. The predicted molar refractivity (Wildman–Crippen MR) is 122 cm³/mol. The number of carbonyl (C=O) groups excluding carboxylic acids is 2. The van der Waals surface area contributed by atoms with Crippen molar-refractivity contribution in [2.45, 2.75) is 38.6 Å². The summed E-state index contributed by atoms with van der Waals surface area (Å²) >= 11 is 0. The molecule has 1 N–H and O–H groups in total. The van der Waals surface area contributed by atoms with Gasteiger partial charge in [-0.05, 0) is 62.4 Å². The Labute approximate surface area is 192 Å². The first-order chi connectivity index (χ1) is 15.9. The Morgan fingerprint density at radius 2 is 1.79 bits per heavy atom. The number of rotatable bonds is 3. The van der Waals surface area contributed by atoms with Gasteiger partial charge in [-0.25, -0.2) is 13.6 Å². The van der Waals surface area contributed by atoms with Crippen molar-refractivity contribution in [3.63, 3.8) is 0 Å². The highest BCUT2D eigenvalue weighted by molar-refractivity contribution is 5.93. The first kappa shape index (κ1) is 22.9. The van der Waals surface area contributed by atoms with Gasteiger partial charge in [-0.1, -0.05) is 17.7 Å². The number of piperidine rings is 2. The smallest absolute Gasteiger partial charge is 0.317 e. The SMILES string of the molecule is Cc1cccnc1C(=O)N1CCC(NC(=O)N2CCC(=Cc3cc(F)ccc3F)CC2)CC1. The third-order valence-corrected chi connectivity index (χ3v) is 6.33. The number of aromatic nitrogens is 1. The standard InChI is InChI=1S/C25H28F2N4O2/c1-17-3-2-10-28-23(17)24(32)30-13-8-21(9-14-30)29-25(33)31-11-6-18(7-12-31)15-19-16-20(26)4-5-22(19)27/h2-5,10,15-16,21H,6-9,11-14H2,1H3,(H,29,33). The number of aryl methyl sites for hydroxylation is 1. The molecule has 0 radical (unpaired) electrons. The van der Waals surface area contributed by atoms with Gasteiger partial charge in [0.2, 0.25) is 0 Å². The number of nitrogens with one attached hydrogen (secondary N) is 1. The van der Waals surface area contributed by atoms with Crippen LogP contribution in [0.25, 0.3) is 6.08 Å². The average Bonchev–Trinajstić information content (AvgIpc) is 2.82. The van der Waals surface area contributed by atoms with Crippen LogP contribution in [-0.2, 0) is 0 Å². The second-order valence-corrected chi connectivity index (χ2v) is 8.64. The molecule has 3 amide bonds. The highest BCUT2D eigenvalue weighted by atomic mass is 19.1. The van der Waals surface area contributed by atoms with Gasteiger partial charge in [0.25, 0.3) is 5.91 Å². The van der Waals surface area contributed by atoms with E-state index < -0.39 is 11.6 Å². The zero-order chi connectivity index (χ0) is 23.4. The maximum Gasteiger partial charge on any atom is 0.317 e. The maximum absolute atomic E-state index is 13.9. The number of carbonyl (C=O) groups is 2. The quantitative estimate of drug-likeness (QED) is 0.757. The third-order valence-electron chi connectivity index (χ3n) is 6.33. The van der Waals surface area contributed by atoms with Crippen LogP contribution in [0, 0.1) is 18.6 Å². The second-order valence-electron chi connectivity index (χ2n) is 8.64. The van der Waals surface area contributed by atoms with Crippen LogP contribution >= 0.6 is 0 Å². The van der Waals surface area contributed by atoms with Crippen LogP contribution in [-0.4, -0.2) is 58.9 Å². The molecule has 2 aliphatic heterocycles. The summed E-state index contributed by atoms with van der Waals surface area (Å²) in [6, 6.07) is 7.01. The molecule has 4 rings (SSSR count). The normalized spacial score (nSPS) is 17.1. The number of nitrogens with zero attached hydrogens (tertiary/aromatic N) is 3. The van der Waals surface area contributed by atoms with Crippen molar-refractivity contribution in [1.82, 2.24) is 20.1 Å². The average molecular weight is 455 g/mol. The van der Waals surface area contributed by atoms with Crippen molar-refractivity contribution in [1.29, 1.82) is 0 Å². The number of likely N-dealkylation sites (tertiary alicyclic amines) is 2. The minimum atomic E-state index is -0.469. The van der Waals surface area contributed by atoms with Gasteiger partial charge >= 0.3 is 6.03 Å². The molecule has 33 heavy (non-hydrogen) atoms. The van der Waals surface area contributed by atoms with Crippen molar-refractivity contribution >= 4 is 18.0 Å². The van der Waals surface area contributed by atoms with Crippen molar-refractivity contribution in [2.75, 3.05) is 26.2 Å². The lowest BCUT2D eigenvalue weighted by Gasteiger charge is -2.35. The van der Waals surface area contributed by atoms with Crippen LogP contribution in [0.15, 0.2) is 42.1 Å². The molecule has 0 spiro atoms. The fraction of sp³-hybridized carbons (Fsp3) is 0.400. The first-order valence-corrected chi connectivity index (χ1v) is 11.3. The molecule has 1 aromatic heterocycles. The van der Waals surface area contributed by atoms with Crippen LogP contribution in [0.2, 0.25) is 0 Å². The van der Waals surface area contributed by atoms with Crippen molar-refractivity contribution in [3.8, 4) is 0 Å². The van der Waals surface area contributed by atoms with Crippen LogP contribution in [0.4, 0.5) is 13.6 Å². The Kier molecular flexibility index (Phi) is 7.01. The molecule has 6 nitrogen and oxygen atoms in total. The van der Waals surface area contributed by atoms with E-state index in [1.54, 1.807) is 22.1 Å². The zero-order valence-corrected chi connectivity index (χ0v) is 18.7. The fourth-order valence-electron chi connectivity index (χ4n) is 4.34. The molecule has 2 aromatic rings. The number of pyridine rings is 1. The summed E-state index contributed by atoms with van der Waals surface area (Å²) in [4.78, 5) is 33.2. The number of benzene rings is 1. The van der Waals surface area contributed by atoms with Crippen molar-refractivity contribution < 1.29 is 18.4 Å². The number of hydrogen-bond donors (Lipinski definition) is 1. The van der Waals surface area contributed by atoms with E-state index in [2.05, 4.69) is 10.3 Å². The van der Waals surface area contributed by atoms with Gasteiger partial charge in [0.05, 0.1) is 0 Å². The molecular weight excluding hydrogens is 426 g/mol. The number of hydrogen-bond acceptors (Lipinski definition) is 3. The molecule has 0 bridgehead atoms. The Morgan fingerprint density at radius 1 is 1.06 bits per heavy atom. The molecule has 3 heterocycles. The third kappa shape index (κ3) is 5.56. The van der Waals surface area contributed by atoms with E-state index in [1.165, 1.54) is 6.07 Å². The molecule has 1 aromatic carbocycles. The Hall–Kier alpha value is -3.29. The minimum Gasteiger partial charge on any atom is -0.337 e. The van der Waals surface area contributed by atoms with Gasteiger partial charge < -0.3 is 15.1 Å². The van der Waals surface area contributed by atoms with E-state index in [4.69, 9.17) is 0 Å². The van der Waals surface area contributed by atoms with Crippen molar-refractivity contribution in [3.05, 3.63) is 70.6 Å². The summed E-state index contributed by atoms with van der Waals surface area (Å²) in [5.74, 6) is -0.988. The summed E-state index contributed by atoms with van der Waals surface area (Å²) < 4.78 is 27.3. The van der Waals surface area contributed by atoms with E-state index >= 15 is 0 Å². The number of amides is 3. The van der Waals surface area contributed by atoms with E-state index in [1.807, 2.05) is 19.1 Å². The number of halogens is 2. The summed E-state index contributed by atoms with van der Waals surface area (Å²) in [7, 11) is 0. The maximum atomic E-state index is 13.9. The summed E-state index contributed by atoms with van der Waals surface area (Å²) in [6.45, 7) is 4.09. The van der Waals surface area contributed by atoms with Gasteiger partial charge in [0, 0.05) is 44.0 Å². The Bertz CT molecular complexity index is 1050. The molecule has 0 unspecified atom stereocenters. The van der Waals surface area contributed by atoms with Crippen LogP contribution in [0.5, 0.6) is 0 Å². The molecule has 2 aliphatic rings. The Morgan fingerprint density at radius 3 is 2.48 bits per heavy atom. The van der Waals surface area contributed by atoms with Crippen LogP contribution < -0.4 is 5.32 Å². The lowest BCUT2D eigenvalue weighted by molar-refractivity contribution is 0.0699. The molecule has 0 saturated carbocycles. The zero-order valence-electron chi connectivity index (χ0n) is 18.7. The van der Waals surface area contributed by atoms with Crippen molar-refractivity contribution in [2.24, 2.45) is 0 Å². The van der Waals surface area contributed by atoms with Gasteiger partial charge in [-0.3, -0.25) is 9.78 Å². The molecule has 174 valence electrons. The highest BCUT2D eigenvalue weighted by Crippen LogP contribution is 2.22. The summed E-state index contributed by atoms with van der Waals surface area (Å²) in [5, 5.41) is 3.08. The van der Waals surface area contributed by atoms with Crippen LogP contribution in [0.1, 0.15) is 47.3 Å². The molecular formula is C25H28F2N4O2. The van der Waals surface area contributed by atoms with E-state index in [-0.39, 0.29) is 23.5 Å². The topological polar surface area (TPSA) is 65.5 Å². The summed E-state index contributed by atoms with van der Waals surface area (Å²) in [5.41, 5.74) is 2.58. The largest absolute Gasteiger partial charge is 0.337 e. The molecule has 0 aliphatic carbocycles. The number of urea groups is 1. The fourth-order valence-corrected chi connectivity index (χ4v) is 4.34. The van der Waals surface area contributed by atoms with E-state index in [0.717, 1.165) is 23.3 Å². The van der Waals surface area contributed by atoms with Crippen LogP contribution in [0.3, 0.4) is 0 Å². The molecule has 2 fully saturated rings. The van der Waals surface area contributed by atoms with E-state index in [0.29, 0.717) is 57.6 Å². The minimum absolute atomic E-state index is 0.0182. The van der Waals surface area contributed by atoms with Gasteiger partial charge in [-0.15, -0.1) is 0 Å². The highest BCUT2D eigenvalue weighted by Gasteiger charge is 2.28. The predicted octanol–water partition coefficient (Wildman–Crippen LogP) is 4.16. The molecule has 0 atom stereocenters. The first-order valence-electron chi connectivity index (χ1n) is 11.3. The lowest BCUT2D eigenvalue weighted by atomic mass is 10.0. The molecule has 8 heteroatoms. The van der Waals surface area contributed by atoms with Gasteiger partial charge in [0.1, 0.15) is 17.3 Å².